The van der Waals surface area contributed by atoms with Crippen LogP contribution in [0.2, 0.25) is 0 Å². The molecular formula is C13H16N2O3. The number of hydrogen-bond donors (Lipinski definition) is 0. The third-order valence-electron chi connectivity index (χ3n) is 2.75. The molecule has 0 N–H and O–H groups in total. The van der Waals surface area contributed by atoms with Crippen molar-refractivity contribution in [1.82, 2.24) is 9.78 Å². The van der Waals surface area contributed by atoms with E-state index in [4.69, 9.17) is 9.15 Å². The monoisotopic (exact) mass is 248 g/mol. The molecule has 0 radical (unpaired) electrons. The first-order valence-corrected chi connectivity index (χ1v) is 5.76. The fourth-order valence-corrected chi connectivity index (χ4v) is 1.82. The van der Waals surface area contributed by atoms with Gasteiger partial charge < -0.3 is 9.15 Å². The van der Waals surface area contributed by atoms with Crippen LogP contribution in [0.5, 0.6) is 5.75 Å². The number of furan rings is 1. The Bertz CT molecular complexity index is 567. The minimum absolute atomic E-state index is 0.0723. The summed E-state index contributed by atoms with van der Waals surface area (Å²) in [6.07, 6.45) is 3.05. The molecule has 2 rings (SSSR count). The third-order valence-corrected chi connectivity index (χ3v) is 2.75. The molecule has 0 saturated carbocycles. The van der Waals surface area contributed by atoms with Gasteiger partial charge in [-0.25, -0.2) is 0 Å². The number of aryl methyl sites for hydroxylation is 1. The number of carbonyl (C=O) groups excluding carboxylic acids is 1. The molecule has 0 aromatic carbocycles. The molecule has 5 nitrogen and oxygen atoms in total. The van der Waals surface area contributed by atoms with Crippen molar-refractivity contribution >= 4 is 5.78 Å². The van der Waals surface area contributed by atoms with Gasteiger partial charge in [0.2, 0.25) is 5.78 Å². The molecule has 96 valence electrons. The zero-order valence-corrected chi connectivity index (χ0v) is 10.9. The van der Waals surface area contributed by atoms with Crippen LogP contribution in [0.15, 0.2) is 22.9 Å². The minimum atomic E-state index is -0.208. The van der Waals surface area contributed by atoms with E-state index in [1.807, 2.05) is 20.8 Å². The van der Waals surface area contributed by atoms with Crippen LogP contribution in [0, 0.1) is 6.92 Å². The van der Waals surface area contributed by atoms with Crippen molar-refractivity contribution in [1.29, 1.82) is 0 Å². The maximum atomic E-state index is 12.5. The maximum absolute atomic E-state index is 12.5. The van der Waals surface area contributed by atoms with Crippen LogP contribution in [0.25, 0.3) is 0 Å². The minimum Gasteiger partial charge on any atom is -0.493 e. The van der Waals surface area contributed by atoms with Crippen LogP contribution >= 0.6 is 0 Å². The van der Waals surface area contributed by atoms with Crippen LogP contribution in [0.1, 0.15) is 41.7 Å². The Morgan fingerprint density at radius 1 is 1.50 bits per heavy atom. The second-order valence-corrected chi connectivity index (χ2v) is 4.36. The van der Waals surface area contributed by atoms with E-state index < -0.39 is 0 Å². The smallest absolute Gasteiger partial charge is 0.250 e. The highest BCUT2D eigenvalue weighted by Crippen LogP contribution is 2.25. The van der Waals surface area contributed by atoms with E-state index in [1.165, 1.54) is 13.4 Å². The van der Waals surface area contributed by atoms with E-state index in [2.05, 4.69) is 5.10 Å². The Kier molecular flexibility index (Phi) is 3.23. The van der Waals surface area contributed by atoms with E-state index in [1.54, 1.807) is 16.9 Å². The fourth-order valence-electron chi connectivity index (χ4n) is 1.82. The topological polar surface area (TPSA) is 57.3 Å². The molecule has 0 atom stereocenters. The number of ether oxygens (including phenoxy) is 1. The summed E-state index contributed by atoms with van der Waals surface area (Å²) >= 11 is 0. The average Bonchev–Trinajstić information content (AvgIpc) is 2.93. The first-order chi connectivity index (χ1) is 8.56. The molecule has 0 spiro atoms. The van der Waals surface area contributed by atoms with Gasteiger partial charge in [-0.05, 0) is 32.4 Å². The highest BCUT2D eigenvalue weighted by molar-refractivity contribution is 6.08. The zero-order valence-electron chi connectivity index (χ0n) is 10.9. The summed E-state index contributed by atoms with van der Waals surface area (Å²) in [5.74, 6) is 0.584. The molecule has 0 saturated heterocycles. The lowest BCUT2D eigenvalue weighted by Crippen LogP contribution is -2.14. The second-order valence-electron chi connectivity index (χ2n) is 4.36. The summed E-state index contributed by atoms with van der Waals surface area (Å²) < 4.78 is 12.1. The van der Waals surface area contributed by atoms with E-state index in [0.717, 1.165) is 5.56 Å². The highest BCUT2D eigenvalue weighted by Gasteiger charge is 2.25. The van der Waals surface area contributed by atoms with Crippen molar-refractivity contribution < 1.29 is 13.9 Å². The van der Waals surface area contributed by atoms with Gasteiger partial charge in [0.05, 0.1) is 19.6 Å². The number of hydrogen-bond acceptors (Lipinski definition) is 4. The van der Waals surface area contributed by atoms with Crippen LogP contribution in [0.4, 0.5) is 0 Å². The van der Waals surface area contributed by atoms with Crippen molar-refractivity contribution in [3.05, 3.63) is 35.5 Å². The normalized spacial score (nSPS) is 10.9. The molecule has 2 aromatic rings. The largest absolute Gasteiger partial charge is 0.493 e. The third kappa shape index (κ3) is 1.92. The summed E-state index contributed by atoms with van der Waals surface area (Å²) in [6, 6.07) is 1.83. The molecule has 18 heavy (non-hydrogen) atoms. The van der Waals surface area contributed by atoms with Gasteiger partial charge >= 0.3 is 0 Å². The van der Waals surface area contributed by atoms with Crippen LogP contribution in [-0.4, -0.2) is 22.7 Å². The maximum Gasteiger partial charge on any atom is 0.250 e. The predicted molar refractivity (Wildman–Crippen MR) is 66.0 cm³/mol. The van der Waals surface area contributed by atoms with Crippen molar-refractivity contribution in [3.63, 3.8) is 0 Å². The van der Waals surface area contributed by atoms with Crippen molar-refractivity contribution in [2.75, 3.05) is 7.11 Å². The lowest BCUT2D eigenvalue weighted by Gasteiger charge is -2.10. The molecule has 2 aromatic heterocycles. The Hall–Kier alpha value is -2.04. The molecule has 0 fully saturated rings. The zero-order chi connectivity index (χ0) is 13.3. The number of nitrogens with zero attached hydrogens (tertiary/aromatic N) is 2. The molecule has 0 unspecified atom stereocenters. The second kappa shape index (κ2) is 4.68. The van der Waals surface area contributed by atoms with Crippen LogP contribution in [-0.2, 0) is 0 Å². The van der Waals surface area contributed by atoms with Crippen LogP contribution in [0.3, 0.4) is 0 Å². The van der Waals surface area contributed by atoms with E-state index in [-0.39, 0.29) is 11.8 Å². The Labute approximate surface area is 105 Å². The number of ketones is 1. The summed E-state index contributed by atoms with van der Waals surface area (Å²) in [5, 5.41) is 4.18. The molecular weight excluding hydrogens is 232 g/mol. The quantitative estimate of drug-likeness (QED) is 0.780. The summed E-state index contributed by atoms with van der Waals surface area (Å²) in [5.41, 5.74) is 1.23. The van der Waals surface area contributed by atoms with E-state index in [0.29, 0.717) is 17.2 Å². The van der Waals surface area contributed by atoms with Crippen LogP contribution < -0.4 is 4.74 Å². The van der Waals surface area contributed by atoms with Gasteiger partial charge in [0.15, 0.2) is 17.2 Å². The first kappa shape index (κ1) is 12.4. The summed E-state index contributed by atoms with van der Waals surface area (Å²) in [6.45, 7) is 5.75. The molecule has 0 aliphatic rings. The van der Waals surface area contributed by atoms with Gasteiger partial charge in [-0.15, -0.1) is 0 Å². The van der Waals surface area contributed by atoms with Gasteiger partial charge in [-0.3, -0.25) is 9.48 Å². The predicted octanol–water partition coefficient (Wildman–Crippen LogP) is 2.61. The Balaban J connectivity index is 2.53. The Morgan fingerprint density at radius 2 is 2.22 bits per heavy atom. The van der Waals surface area contributed by atoms with Gasteiger partial charge in [-0.1, -0.05) is 0 Å². The van der Waals surface area contributed by atoms with Gasteiger partial charge in [0.25, 0.3) is 0 Å². The summed E-state index contributed by atoms with van der Waals surface area (Å²) in [4.78, 5) is 12.5. The molecule has 0 bridgehead atoms. The molecule has 0 aliphatic carbocycles. The number of aromatic nitrogens is 2. The fraction of sp³-hybridized carbons (Fsp3) is 0.385. The van der Waals surface area contributed by atoms with E-state index in [9.17, 15) is 4.79 Å². The van der Waals surface area contributed by atoms with Crippen molar-refractivity contribution in [2.45, 2.75) is 26.8 Å². The highest BCUT2D eigenvalue weighted by atomic mass is 16.5. The first-order valence-electron chi connectivity index (χ1n) is 5.76. The van der Waals surface area contributed by atoms with E-state index >= 15 is 0 Å². The standard InChI is InChI=1S/C13H16N2O3/c1-8(2)15-11(10(17-4)7-14-15)12(16)13-9(3)5-6-18-13/h5-8H,1-4H3. The lowest BCUT2D eigenvalue weighted by atomic mass is 10.1. The number of rotatable bonds is 4. The van der Waals surface area contributed by atoms with Crippen molar-refractivity contribution in [2.24, 2.45) is 0 Å². The SMILES string of the molecule is COc1cnn(C(C)C)c1C(=O)c1occc1C. The summed E-state index contributed by atoms with van der Waals surface area (Å²) in [7, 11) is 1.52. The average molecular weight is 248 g/mol. The van der Waals surface area contributed by atoms with Crippen molar-refractivity contribution in [3.8, 4) is 5.75 Å². The number of carbonyl (C=O) groups is 1. The number of methoxy groups -OCH3 is 1. The molecule has 5 heteroatoms. The Morgan fingerprint density at radius 3 is 2.72 bits per heavy atom. The molecule has 2 heterocycles. The molecule has 0 aliphatic heterocycles. The van der Waals surface area contributed by atoms with Gasteiger partial charge in [-0.2, -0.15) is 5.10 Å². The van der Waals surface area contributed by atoms with Gasteiger partial charge in [0.1, 0.15) is 0 Å². The molecule has 0 amide bonds. The van der Waals surface area contributed by atoms with Gasteiger partial charge in [0, 0.05) is 6.04 Å². The lowest BCUT2D eigenvalue weighted by molar-refractivity contribution is 0.0993.